The van der Waals surface area contributed by atoms with Crippen molar-refractivity contribution in [1.29, 1.82) is 0 Å². The summed E-state index contributed by atoms with van der Waals surface area (Å²) in [5.74, 6) is 0.280. The molecule has 2 aromatic carbocycles. The van der Waals surface area contributed by atoms with Crippen LogP contribution in [0.25, 0.3) is 10.2 Å². The number of hydrogen-bond donors (Lipinski definition) is 0. The maximum absolute atomic E-state index is 12.8. The zero-order chi connectivity index (χ0) is 25.6. The molecule has 2 aliphatic rings. The summed E-state index contributed by atoms with van der Waals surface area (Å²) in [6.45, 7) is 8.24. The lowest BCUT2D eigenvalue weighted by Gasteiger charge is -2.31. The Hall–Kier alpha value is -2.03. The van der Waals surface area contributed by atoms with E-state index >= 15 is 0 Å². The largest absolute Gasteiger partial charge is 0.379 e. The number of piperidine rings is 1. The molecular weight excluding hydrogens is 506 g/mol. The lowest BCUT2D eigenvalue weighted by atomic mass is 9.89. The van der Waals surface area contributed by atoms with Gasteiger partial charge in [0.25, 0.3) is 0 Å². The Bertz CT molecular complexity index is 1240. The molecule has 5 rings (SSSR count). The van der Waals surface area contributed by atoms with Gasteiger partial charge in [-0.1, -0.05) is 29.0 Å². The van der Waals surface area contributed by atoms with Gasteiger partial charge in [-0.2, -0.15) is 0 Å². The summed E-state index contributed by atoms with van der Waals surface area (Å²) in [7, 11) is 0. The van der Waals surface area contributed by atoms with Crippen LogP contribution in [0.4, 0.5) is 0 Å². The Morgan fingerprint density at radius 3 is 2.41 bits per heavy atom. The lowest BCUT2D eigenvalue weighted by molar-refractivity contribution is 0.0372. The van der Waals surface area contributed by atoms with Crippen molar-refractivity contribution in [2.24, 2.45) is 5.92 Å². The molecule has 37 heavy (non-hydrogen) atoms. The summed E-state index contributed by atoms with van der Waals surface area (Å²) < 4.78 is 8.43. The molecule has 6 nitrogen and oxygen atoms in total. The first-order valence-corrected chi connectivity index (χ1v) is 14.7. The normalized spacial score (nSPS) is 18.0. The number of benzene rings is 2. The minimum atomic E-state index is 0.0643. The molecule has 2 aliphatic heterocycles. The topological polar surface area (TPSA) is 54.8 Å². The van der Waals surface area contributed by atoms with Crippen molar-refractivity contribution >= 4 is 38.9 Å². The van der Waals surface area contributed by atoms with Crippen molar-refractivity contribution in [3.63, 3.8) is 0 Å². The number of likely N-dealkylation sites (tertiary alicyclic amines) is 1. The van der Waals surface area contributed by atoms with Gasteiger partial charge in [0, 0.05) is 42.7 Å². The van der Waals surface area contributed by atoms with E-state index in [0.717, 1.165) is 93.9 Å². The number of aromatic nitrogens is 1. The average molecular weight is 542 g/mol. The molecule has 0 saturated carbocycles. The Morgan fingerprint density at radius 2 is 1.65 bits per heavy atom. The molecule has 2 fully saturated rings. The van der Waals surface area contributed by atoms with Gasteiger partial charge in [-0.15, -0.1) is 0 Å². The van der Waals surface area contributed by atoms with Gasteiger partial charge in [0.15, 0.2) is 5.78 Å². The number of nitrogens with zero attached hydrogens (tertiary/aromatic N) is 3. The number of unbranched alkanes of at least 4 members (excludes halogenated alkanes) is 1. The molecule has 0 unspecified atom stereocenters. The number of carbonyl (C=O) groups is 1. The van der Waals surface area contributed by atoms with Crippen LogP contribution in [0.1, 0.15) is 41.6 Å². The Morgan fingerprint density at radius 1 is 0.919 bits per heavy atom. The van der Waals surface area contributed by atoms with Crippen molar-refractivity contribution in [2.75, 3.05) is 52.5 Å². The standard InChI is InChI=1S/C29H36ClN3O3S/c30-25-7-5-23(6-8-25)28(34)24-10-13-32(14-11-24)15-16-33-26-9-4-22(21-27(26)37-29(33)35)3-1-2-12-31-17-19-36-20-18-31/h4-9,21,24H,1-3,10-20H2. The fraction of sp³-hybridized carbons (Fsp3) is 0.517. The fourth-order valence-corrected chi connectivity index (χ4v) is 6.58. The number of fused-ring (bicyclic) bond motifs is 1. The molecule has 3 aromatic rings. The van der Waals surface area contributed by atoms with Crippen molar-refractivity contribution < 1.29 is 9.53 Å². The minimum Gasteiger partial charge on any atom is -0.379 e. The van der Waals surface area contributed by atoms with Gasteiger partial charge in [-0.25, -0.2) is 0 Å². The average Bonchev–Trinajstić information content (AvgIpc) is 3.24. The number of Topliss-reactive ketones (excluding diaryl/α,β-unsaturated/α-hetero) is 1. The second-order valence-corrected chi connectivity index (χ2v) is 11.6. The van der Waals surface area contributed by atoms with Gasteiger partial charge in [-0.05, 0) is 93.7 Å². The van der Waals surface area contributed by atoms with Crippen LogP contribution in [0.3, 0.4) is 0 Å². The Balaban J connectivity index is 1.10. The Labute approximate surface area is 227 Å². The number of morpholine rings is 1. The number of rotatable bonds is 10. The predicted octanol–water partition coefficient (Wildman–Crippen LogP) is 4.97. The molecule has 0 spiro atoms. The molecule has 0 N–H and O–H groups in total. The van der Waals surface area contributed by atoms with E-state index in [4.69, 9.17) is 16.3 Å². The van der Waals surface area contributed by atoms with Crippen LogP contribution in [0.2, 0.25) is 5.02 Å². The van der Waals surface area contributed by atoms with Gasteiger partial charge >= 0.3 is 4.87 Å². The van der Waals surface area contributed by atoms with Crippen LogP contribution in [0.5, 0.6) is 0 Å². The summed E-state index contributed by atoms with van der Waals surface area (Å²) in [6.07, 6.45) is 5.12. The van der Waals surface area contributed by atoms with Crippen LogP contribution in [-0.4, -0.2) is 72.6 Å². The smallest absolute Gasteiger partial charge is 0.308 e. The second kappa shape index (κ2) is 12.7. The lowest BCUT2D eigenvalue weighted by Crippen LogP contribution is -2.38. The molecule has 0 bridgehead atoms. The minimum absolute atomic E-state index is 0.0643. The summed E-state index contributed by atoms with van der Waals surface area (Å²) >= 11 is 7.31. The zero-order valence-corrected chi connectivity index (χ0v) is 22.9. The van der Waals surface area contributed by atoms with Crippen LogP contribution in [-0.2, 0) is 17.7 Å². The van der Waals surface area contributed by atoms with E-state index in [1.165, 1.54) is 23.3 Å². The predicted molar refractivity (Wildman–Crippen MR) is 151 cm³/mol. The summed E-state index contributed by atoms with van der Waals surface area (Å²) in [6, 6.07) is 13.7. The van der Waals surface area contributed by atoms with Crippen molar-refractivity contribution in [3.8, 4) is 0 Å². The summed E-state index contributed by atoms with van der Waals surface area (Å²) in [5.41, 5.74) is 3.10. The van der Waals surface area contributed by atoms with E-state index in [9.17, 15) is 9.59 Å². The molecule has 3 heterocycles. The zero-order valence-electron chi connectivity index (χ0n) is 21.4. The molecule has 0 aliphatic carbocycles. The maximum atomic E-state index is 12.8. The number of thiazole rings is 1. The maximum Gasteiger partial charge on any atom is 0.308 e. The monoisotopic (exact) mass is 541 g/mol. The van der Waals surface area contributed by atoms with Crippen LogP contribution >= 0.6 is 22.9 Å². The van der Waals surface area contributed by atoms with E-state index in [1.54, 1.807) is 12.1 Å². The van der Waals surface area contributed by atoms with Gasteiger partial charge in [0.1, 0.15) is 0 Å². The van der Waals surface area contributed by atoms with E-state index in [0.29, 0.717) is 11.6 Å². The molecule has 0 amide bonds. The van der Waals surface area contributed by atoms with Crippen LogP contribution in [0.15, 0.2) is 47.3 Å². The summed E-state index contributed by atoms with van der Waals surface area (Å²) in [4.78, 5) is 30.6. The number of aryl methyl sites for hydroxylation is 1. The third kappa shape index (κ3) is 6.89. The van der Waals surface area contributed by atoms with Gasteiger partial charge in [0.2, 0.25) is 0 Å². The number of carbonyl (C=O) groups excluding carboxylic acids is 1. The fourth-order valence-electron chi connectivity index (χ4n) is 5.48. The van der Waals surface area contributed by atoms with Gasteiger partial charge < -0.3 is 9.64 Å². The first kappa shape index (κ1) is 26.6. The highest BCUT2D eigenvalue weighted by Crippen LogP contribution is 2.24. The van der Waals surface area contributed by atoms with E-state index in [2.05, 4.69) is 28.0 Å². The van der Waals surface area contributed by atoms with Gasteiger partial charge in [0.05, 0.1) is 23.4 Å². The second-order valence-electron chi connectivity index (χ2n) is 10.2. The van der Waals surface area contributed by atoms with Crippen molar-refractivity contribution in [1.82, 2.24) is 14.4 Å². The SMILES string of the molecule is O=C(c1ccc(Cl)cc1)C1CCN(CCn2c(=O)sc3cc(CCCCN4CCOCC4)ccc32)CC1. The van der Waals surface area contributed by atoms with Crippen LogP contribution < -0.4 is 4.87 Å². The molecule has 0 radical (unpaired) electrons. The van der Waals surface area contributed by atoms with E-state index < -0.39 is 0 Å². The van der Waals surface area contributed by atoms with Crippen molar-refractivity contribution in [2.45, 2.75) is 38.6 Å². The molecule has 8 heteroatoms. The van der Waals surface area contributed by atoms with E-state index in [1.807, 2.05) is 16.7 Å². The highest BCUT2D eigenvalue weighted by Gasteiger charge is 2.26. The molecule has 1 aromatic heterocycles. The highest BCUT2D eigenvalue weighted by atomic mass is 35.5. The van der Waals surface area contributed by atoms with Crippen LogP contribution in [0, 0.1) is 5.92 Å². The van der Waals surface area contributed by atoms with Gasteiger partial charge in [-0.3, -0.25) is 19.1 Å². The quantitative estimate of drug-likeness (QED) is 0.268. The first-order valence-electron chi connectivity index (χ1n) is 13.5. The third-order valence-electron chi connectivity index (χ3n) is 7.75. The number of halogens is 1. The Kier molecular flexibility index (Phi) is 9.10. The highest BCUT2D eigenvalue weighted by molar-refractivity contribution is 7.16. The number of hydrogen-bond acceptors (Lipinski definition) is 6. The molecular formula is C29H36ClN3O3S. The number of ketones is 1. The molecule has 2 saturated heterocycles. The first-order chi connectivity index (χ1) is 18.1. The third-order valence-corrected chi connectivity index (χ3v) is 8.95. The summed E-state index contributed by atoms with van der Waals surface area (Å²) in [5, 5.41) is 0.651. The molecule has 0 atom stereocenters. The van der Waals surface area contributed by atoms with E-state index in [-0.39, 0.29) is 16.6 Å². The molecule has 198 valence electrons. The number of ether oxygens (including phenoxy) is 1. The van der Waals surface area contributed by atoms with Crippen molar-refractivity contribution in [3.05, 3.63) is 68.3 Å².